The Morgan fingerprint density at radius 2 is 0.636 bits per heavy atom. The van der Waals surface area contributed by atoms with Gasteiger partial charge in [-0.15, -0.1) is 0 Å². The predicted molar refractivity (Wildman–Crippen MR) is 414 cm³/mol. The standard InChI is InChI=1S/C18H15S.2C14H20F2O3.C14H20F2O2.2C14H21OS/c1-4-10-16(11-5-1)19(17-12-6-2-7-13-17)18-14-8-3-9-15-18;2*1-12(15,16)8-19-11(17)13-3-9-2-10(4-13)6-14(18,5-9)7-13;1-13(15,16)8-18-12(17)14-5-9-2-10(6-14)4-11(3-9)7-14;2*1-14(2,3)12-4-6-13(7-5-12)16-10-8-15-9-11-16/h1-15H;2*9-10,18H,2-8H2,1H3;9-11H,2-8H2,1H3;2*4-7H,8-11H2,1-3H3/q+1;;;;2*+1. The van der Waals surface area contributed by atoms with Crippen molar-refractivity contribution in [2.75, 3.05) is 69.3 Å². The molecule has 0 radical (unpaired) electrons. The lowest BCUT2D eigenvalue weighted by Gasteiger charge is -2.58. The molecule has 5 aromatic rings. The molecule has 107 heavy (non-hydrogen) atoms. The molecule has 14 fully saturated rings. The molecule has 19 heteroatoms. The van der Waals surface area contributed by atoms with Gasteiger partial charge < -0.3 is 33.9 Å². The van der Waals surface area contributed by atoms with Crippen molar-refractivity contribution in [1.82, 2.24) is 0 Å². The minimum absolute atomic E-state index is 0.0146. The molecule has 2 heterocycles. The fraction of sp³-hybridized carbons (Fsp3) is 0.625. The van der Waals surface area contributed by atoms with E-state index < -0.39 is 77.0 Å². The summed E-state index contributed by atoms with van der Waals surface area (Å²) in [4.78, 5) is 43.7. The number of esters is 3. The Hall–Kier alpha value is -5.02. The molecule has 2 aliphatic heterocycles. The van der Waals surface area contributed by atoms with Gasteiger partial charge in [0.05, 0.1) is 64.8 Å². The van der Waals surface area contributed by atoms with Crippen molar-refractivity contribution in [2.45, 2.75) is 242 Å². The van der Waals surface area contributed by atoms with Crippen LogP contribution in [0, 0.1) is 57.7 Å². The molecular weight excluding hydrogens is 1430 g/mol. The molecule has 12 aliphatic carbocycles. The van der Waals surface area contributed by atoms with Crippen LogP contribution in [0.4, 0.5) is 26.3 Å². The highest BCUT2D eigenvalue weighted by Gasteiger charge is 2.63. The van der Waals surface area contributed by atoms with Crippen molar-refractivity contribution >= 4 is 50.6 Å². The average molecular weight is 1550 g/mol. The van der Waals surface area contributed by atoms with Crippen molar-refractivity contribution in [3.05, 3.63) is 151 Å². The van der Waals surface area contributed by atoms with Gasteiger partial charge in [-0.25, -0.2) is 26.3 Å². The number of carbonyl (C=O) groups excluding carboxylic acids is 3. The van der Waals surface area contributed by atoms with Crippen LogP contribution in [0.15, 0.2) is 164 Å². The van der Waals surface area contributed by atoms with E-state index in [1.165, 1.54) is 77.9 Å². The first-order valence-electron chi connectivity index (χ1n) is 39.1. The van der Waals surface area contributed by atoms with Gasteiger partial charge in [0.1, 0.15) is 23.0 Å². The lowest BCUT2D eigenvalue weighted by molar-refractivity contribution is -0.201. The SMILES string of the molecule is CC(C)(C)c1ccc([S+]2CCOCC2)cc1.CC(C)(C)c1ccc([S+]2CCOCC2)cc1.CC(F)(F)COC(=O)C12CC3CC(CC(C3)C1)C2.CC(F)(F)COC(=O)C12CC3CC(CC(O)(C3)C1)C2.CC(F)(F)COC(=O)C12CC3CC(CC(O)(C3)C1)C2.c1ccc([S+](c2ccccc2)c2ccccc2)cc1. The molecule has 0 aromatic heterocycles. The Bertz CT molecular complexity index is 3390. The third-order valence-corrected chi connectivity index (χ3v) is 30.5. The van der Waals surface area contributed by atoms with Crippen LogP contribution < -0.4 is 0 Å². The highest BCUT2D eigenvalue weighted by Crippen LogP contribution is 2.64. The van der Waals surface area contributed by atoms with E-state index in [0.717, 1.165) is 105 Å². The monoisotopic (exact) mass is 1540 g/mol. The van der Waals surface area contributed by atoms with Crippen LogP contribution in [0.2, 0.25) is 0 Å². The molecule has 2 saturated heterocycles. The number of aliphatic hydroxyl groups is 2. The first-order chi connectivity index (χ1) is 50.4. The van der Waals surface area contributed by atoms with Crippen molar-refractivity contribution in [1.29, 1.82) is 0 Å². The van der Waals surface area contributed by atoms with E-state index >= 15 is 0 Å². The first kappa shape index (κ1) is 82.9. The van der Waals surface area contributed by atoms with E-state index in [1.54, 1.807) is 0 Å². The Labute approximate surface area is 641 Å². The molecule has 0 amide bonds. The van der Waals surface area contributed by atoms with Crippen molar-refractivity contribution in [3.8, 4) is 0 Å². The third-order valence-electron chi connectivity index (χ3n) is 23.7. The summed E-state index contributed by atoms with van der Waals surface area (Å²) in [5, 5.41) is 21.0. The zero-order valence-electron chi connectivity index (χ0n) is 64.5. The molecule has 12 saturated carbocycles. The predicted octanol–water partition coefficient (Wildman–Crippen LogP) is 19.2. The maximum Gasteiger partial charge on any atom is 0.312 e. The van der Waals surface area contributed by atoms with E-state index in [0.29, 0.717) is 102 Å². The molecule has 4 unspecified atom stereocenters. The van der Waals surface area contributed by atoms with Gasteiger partial charge in [0.15, 0.2) is 44.3 Å². The highest BCUT2D eigenvalue weighted by atomic mass is 32.2. The summed E-state index contributed by atoms with van der Waals surface area (Å²) in [5.74, 6) is -2.22. The van der Waals surface area contributed by atoms with Gasteiger partial charge in [-0.3, -0.25) is 14.4 Å². The average Bonchev–Trinajstić information content (AvgIpc) is 0.823. The van der Waals surface area contributed by atoms with Crippen LogP contribution in [0.3, 0.4) is 0 Å². The minimum Gasteiger partial charge on any atom is -0.459 e. The summed E-state index contributed by atoms with van der Waals surface area (Å²) in [6.07, 6.45) is 15.0. The number of benzene rings is 5. The van der Waals surface area contributed by atoms with E-state index in [2.05, 4.69) is 181 Å². The largest absolute Gasteiger partial charge is 0.459 e. The Balaban J connectivity index is 0.000000128. The second-order valence-electron chi connectivity index (χ2n) is 35.9. The molecule has 19 rings (SSSR count). The van der Waals surface area contributed by atoms with Gasteiger partial charge in [0, 0.05) is 42.6 Å². The number of ether oxygens (including phenoxy) is 5. The van der Waals surface area contributed by atoms with E-state index in [9.17, 15) is 50.9 Å². The fourth-order valence-corrected chi connectivity index (χ4v) is 26.0. The molecule has 2 N–H and O–H groups in total. The maximum absolute atomic E-state index is 12.8. The lowest BCUT2D eigenvalue weighted by Crippen LogP contribution is -2.58. The van der Waals surface area contributed by atoms with E-state index in [4.69, 9.17) is 23.7 Å². The smallest absolute Gasteiger partial charge is 0.312 e. The molecule has 14 aliphatic rings. The summed E-state index contributed by atoms with van der Waals surface area (Å²) in [6, 6.07) is 50.6. The summed E-state index contributed by atoms with van der Waals surface area (Å²) in [5.41, 5.74) is 0.0135. The fourth-order valence-electron chi connectivity index (χ4n) is 20.2. The molecular formula is C88H117F6O10S3+3. The van der Waals surface area contributed by atoms with Gasteiger partial charge in [-0.1, -0.05) is 120 Å². The highest BCUT2D eigenvalue weighted by molar-refractivity contribution is 7.97. The zero-order chi connectivity index (χ0) is 76.9. The van der Waals surface area contributed by atoms with Crippen LogP contribution in [0.1, 0.15) is 189 Å². The normalized spacial score (nSPS) is 30.3. The van der Waals surface area contributed by atoms with E-state index in [1.807, 2.05) is 0 Å². The molecule has 10 nitrogen and oxygen atoms in total. The number of hydrogen-bond donors (Lipinski definition) is 2. The summed E-state index contributed by atoms with van der Waals surface area (Å²) in [7, 11) is 0.849. The molecule has 5 aromatic carbocycles. The van der Waals surface area contributed by atoms with E-state index in [-0.39, 0.29) is 27.7 Å². The van der Waals surface area contributed by atoms with Crippen LogP contribution in [-0.4, -0.2) is 126 Å². The van der Waals surface area contributed by atoms with Gasteiger partial charge in [0.2, 0.25) is 0 Å². The van der Waals surface area contributed by atoms with Crippen LogP contribution >= 0.6 is 0 Å². The van der Waals surface area contributed by atoms with Crippen molar-refractivity contribution in [3.63, 3.8) is 0 Å². The van der Waals surface area contributed by atoms with Gasteiger partial charge >= 0.3 is 17.9 Å². The quantitative estimate of drug-likeness (QED) is 0.0478. The summed E-state index contributed by atoms with van der Waals surface area (Å²) < 4.78 is 102. The number of halogens is 6. The number of alkyl halides is 6. The molecule has 586 valence electrons. The zero-order valence-corrected chi connectivity index (χ0v) is 66.9. The number of rotatable bonds is 14. The number of hydrogen-bond acceptors (Lipinski definition) is 10. The Kier molecular flexibility index (Phi) is 26.5. The Morgan fingerprint density at radius 3 is 0.888 bits per heavy atom. The topological polar surface area (TPSA) is 138 Å². The third kappa shape index (κ3) is 22.4. The maximum atomic E-state index is 12.8. The Morgan fingerprint density at radius 1 is 0.383 bits per heavy atom. The molecule has 12 bridgehead atoms. The van der Waals surface area contributed by atoms with Crippen molar-refractivity contribution in [2.24, 2.45) is 57.7 Å². The van der Waals surface area contributed by atoms with Crippen LogP contribution in [0.5, 0.6) is 0 Å². The van der Waals surface area contributed by atoms with Gasteiger partial charge in [-0.2, -0.15) is 0 Å². The lowest BCUT2D eigenvalue weighted by atomic mass is 9.48. The molecule has 4 atom stereocenters. The van der Waals surface area contributed by atoms with Crippen molar-refractivity contribution < 1.29 is 74.6 Å². The summed E-state index contributed by atoms with van der Waals surface area (Å²) >= 11 is 0. The first-order valence-corrected chi connectivity index (χ1v) is 43.4. The van der Waals surface area contributed by atoms with Crippen LogP contribution in [0.25, 0.3) is 0 Å². The second kappa shape index (κ2) is 34.1. The second-order valence-corrected chi connectivity index (χ2v) is 42.5. The van der Waals surface area contributed by atoms with Crippen LogP contribution in [-0.2, 0) is 81.6 Å². The number of carbonyl (C=O) groups is 3. The summed E-state index contributed by atoms with van der Waals surface area (Å²) in [6.45, 7) is 17.1. The minimum atomic E-state index is -2.99. The molecule has 0 spiro atoms. The van der Waals surface area contributed by atoms with Gasteiger partial charge in [-0.05, 0) is 240 Å². The van der Waals surface area contributed by atoms with Gasteiger partial charge in [0.25, 0.3) is 17.8 Å².